The molecule has 7 heteroatoms. The molecule has 1 amide bonds. The molecule has 2 N–H and O–H groups in total. The summed E-state index contributed by atoms with van der Waals surface area (Å²) in [7, 11) is 1.56. The topological polar surface area (TPSA) is 79.9 Å². The maximum atomic E-state index is 12.8. The quantitative estimate of drug-likeness (QED) is 0.527. The number of nitrogens with zero attached hydrogens (tertiary/aromatic N) is 1. The van der Waals surface area contributed by atoms with E-state index in [4.69, 9.17) is 9.47 Å². The zero-order chi connectivity index (χ0) is 20.8. The van der Waals surface area contributed by atoms with Crippen LogP contribution in [0.4, 0.5) is 5.69 Å². The van der Waals surface area contributed by atoms with Crippen LogP contribution >= 0.6 is 0 Å². The minimum absolute atomic E-state index is 0.289. The van der Waals surface area contributed by atoms with Gasteiger partial charge in [0.1, 0.15) is 5.75 Å². The van der Waals surface area contributed by atoms with Gasteiger partial charge in [-0.15, -0.1) is 0 Å². The number of benzene rings is 2. The summed E-state index contributed by atoms with van der Waals surface area (Å²) in [5.74, 6) is -0.283. The number of ether oxygens (including phenoxy) is 2. The monoisotopic (exact) mass is 397 g/mol. The molecule has 1 heterocycles. The molecule has 1 fully saturated rings. The van der Waals surface area contributed by atoms with E-state index in [1.165, 1.54) is 6.42 Å². The first-order chi connectivity index (χ1) is 14.0. The zero-order valence-electron chi connectivity index (χ0n) is 17.0. The van der Waals surface area contributed by atoms with Crippen molar-refractivity contribution in [3.63, 3.8) is 0 Å². The van der Waals surface area contributed by atoms with Gasteiger partial charge in [-0.2, -0.15) is 0 Å². The van der Waals surface area contributed by atoms with Crippen molar-refractivity contribution in [3.05, 3.63) is 59.7 Å². The number of hydrogen-bond donors (Lipinski definition) is 2. The van der Waals surface area contributed by atoms with Crippen LogP contribution in [0.1, 0.15) is 42.2 Å². The normalized spacial score (nSPS) is 14.1. The van der Waals surface area contributed by atoms with Gasteiger partial charge in [-0.1, -0.05) is 24.3 Å². The first-order valence-corrected chi connectivity index (χ1v) is 9.74. The number of nitrogens with one attached hydrogen (secondary N) is 2. The lowest BCUT2D eigenvalue weighted by atomic mass is 10.0. The Morgan fingerprint density at radius 1 is 1.07 bits per heavy atom. The van der Waals surface area contributed by atoms with E-state index in [2.05, 4.69) is 15.8 Å². The van der Waals surface area contributed by atoms with E-state index >= 15 is 0 Å². The highest BCUT2D eigenvalue weighted by molar-refractivity contribution is 5.94. The van der Waals surface area contributed by atoms with Gasteiger partial charge >= 0.3 is 5.97 Å². The van der Waals surface area contributed by atoms with Crippen LogP contribution in [0.2, 0.25) is 0 Å². The van der Waals surface area contributed by atoms with Crippen molar-refractivity contribution in [1.29, 1.82) is 0 Å². The van der Waals surface area contributed by atoms with Crippen molar-refractivity contribution >= 4 is 17.6 Å². The Kier molecular flexibility index (Phi) is 6.72. The van der Waals surface area contributed by atoms with Gasteiger partial charge in [0.2, 0.25) is 0 Å². The van der Waals surface area contributed by atoms with Gasteiger partial charge in [-0.3, -0.25) is 10.2 Å². The molecule has 1 aliphatic heterocycles. The predicted octanol–water partition coefficient (Wildman–Crippen LogP) is 2.83. The van der Waals surface area contributed by atoms with E-state index in [0.717, 1.165) is 18.8 Å². The van der Waals surface area contributed by atoms with Gasteiger partial charge in [-0.25, -0.2) is 10.2 Å². The Labute approximate surface area is 171 Å². The summed E-state index contributed by atoms with van der Waals surface area (Å²) >= 11 is 0. The Hall–Kier alpha value is -3.06. The second-order valence-corrected chi connectivity index (χ2v) is 7.15. The van der Waals surface area contributed by atoms with Gasteiger partial charge in [-0.05, 0) is 38.5 Å². The first-order valence-electron chi connectivity index (χ1n) is 9.74. The molecular formula is C22H27N3O4. The molecule has 2 aromatic rings. The second kappa shape index (κ2) is 9.43. The van der Waals surface area contributed by atoms with E-state index in [9.17, 15) is 9.59 Å². The summed E-state index contributed by atoms with van der Waals surface area (Å²) in [5, 5.41) is 0. The Morgan fingerprint density at radius 2 is 1.79 bits per heavy atom. The number of amides is 1. The van der Waals surface area contributed by atoms with E-state index in [-0.39, 0.29) is 12.0 Å². The third kappa shape index (κ3) is 5.06. The number of rotatable bonds is 8. The Bertz CT molecular complexity index is 850. The molecule has 154 valence electrons. The summed E-state index contributed by atoms with van der Waals surface area (Å²) in [6, 6.07) is 13.6. The number of carbonyl (C=O) groups excluding carboxylic acids is 2. The Morgan fingerprint density at radius 3 is 2.38 bits per heavy atom. The van der Waals surface area contributed by atoms with Crippen molar-refractivity contribution in [2.75, 3.05) is 25.1 Å². The molecule has 2 aromatic carbocycles. The van der Waals surface area contributed by atoms with Crippen LogP contribution in [0.5, 0.6) is 5.75 Å². The summed E-state index contributed by atoms with van der Waals surface area (Å²) in [6.07, 6.45) is 0.878. The van der Waals surface area contributed by atoms with Gasteiger partial charge in [0.25, 0.3) is 5.91 Å². The van der Waals surface area contributed by atoms with Gasteiger partial charge in [0.05, 0.1) is 13.2 Å². The molecule has 0 aliphatic carbocycles. The highest BCUT2D eigenvalue weighted by atomic mass is 16.5. The van der Waals surface area contributed by atoms with Crippen molar-refractivity contribution in [2.45, 2.75) is 32.4 Å². The lowest BCUT2D eigenvalue weighted by molar-refractivity contribution is -0.150. The highest BCUT2D eigenvalue weighted by Crippen LogP contribution is 2.32. The van der Waals surface area contributed by atoms with Crippen LogP contribution < -0.4 is 20.5 Å². The van der Waals surface area contributed by atoms with Crippen LogP contribution in [0.3, 0.4) is 0 Å². The molecular weight excluding hydrogens is 370 g/mol. The summed E-state index contributed by atoms with van der Waals surface area (Å²) in [6.45, 7) is 5.57. The van der Waals surface area contributed by atoms with Crippen molar-refractivity contribution < 1.29 is 19.1 Å². The molecule has 0 unspecified atom stereocenters. The zero-order valence-corrected chi connectivity index (χ0v) is 17.0. The fraction of sp³-hybridized carbons (Fsp3) is 0.364. The molecule has 1 atom stereocenters. The van der Waals surface area contributed by atoms with Gasteiger partial charge in [0.15, 0.2) is 6.04 Å². The number of esters is 1. The Balaban J connectivity index is 1.83. The molecule has 3 rings (SSSR count). The third-order valence-corrected chi connectivity index (χ3v) is 4.70. The second-order valence-electron chi connectivity index (χ2n) is 7.15. The minimum atomic E-state index is -0.912. The number of carbonyl (C=O) groups is 2. The number of hydrazine groups is 1. The van der Waals surface area contributed by atoms with Crippen molar-refractivity contribution in [2.24, 2.45) is 0 Å². The van der Waals surface area contributed by atoms with Gasteiger partial charge in [0, 0.05) is 36.0 Å². The maximum Gasteiger partial charge on any atom is 0.329 e. The molecule has 7 nitrogen and oxygen atoms in total. The molecule has 1 aliphatic rings. The molecule has 1 saturated heterocycles. The van der Waals surface area contributed by atoms with E-state index in [0.29, 0.717) is 16.9 Å². The SMILES string of the molecule is COc1cc(N2CCC2)ccc1[C@H](NNC(=O)c1ccccc1)C(=O)OC(C)C. The van der Waals surface area contributed by atoms with E-state index < -0.39 is 12.0 Å². The summed E-state index contributed by atoms with van der Waals surface area (Å²) in [5.41, 5.74) is 7.55. The van der Waals surface area contributed by atoms with Crippen LogP contribution in [-0.4, -0.2) is 38.2 Å². The highest BCUT2D eigenvalue weighted by Gasteiger charge is 2.28. The summed E-state index contributed by atoms with van der Waals surface area (Å²) in [4.78, 5) is 27.4. The van der Waals surface area contributed by atoms with Crippen LogP contribution in [0.15, 0.2) is 48.5 Å². The fourth-order valence-corrected chi connectivity index (χ4v) is 3.07. The lowest BCUT2D eigenvalue weighted by Crippen LogP contribution is -2.44. The van der Waals surface area contributed by atoms with Crippen molar-refractivity contribution in [3.8, 4) is 5.75 Å². The molecule has 0 spiro atoms. The van der Waals surface area contributed by atoms with Crippen LogP contribution in [-0.2, 0) is 9.53 Å². The number of anilines is 1. The molecule has 29 heavy (non-hydrogen) atoms. The molecule has 0 radical (unpaired) electrons. The minimum Gasteiger partial charge on any atom is -0.496 e. The average Bonchev–Trinajstić information content (AvgIpc) is 2.67. The molecule has 0 aromatic heterocycles. The van der Waals surface area contributed by atoms with E-state index in [1.807, 2.05) is 24.3 Å². The lowest BCUT2D eigenvalue weighted by Gasteiger charge is -2.33. The summed E-state index contributed by atoms with van der Waals surface area (Å²) < 4.78 is 10.9. The molecule has 0 saturated carbocycles. The van der Waals surface area contributed by atoms with Gasteiger partial charge < -0.3 is 14.4 Å². The fourth-order valence-electron chi connectivity index (χ4n) is 3.07. The third-order valence-electron chi connectivity index (χ3n) is 4.70. The first kappa shape index (κ1) is 20.7. The maximum absolute atomic E-state index is 12.8. The van der Waals surface area contributed by atoms with E-state index in [1.54, 1.807) is 45.2 Å². The predicted molar refractivity (Wildman–Crippen MR) is 111 cm³/mol. The number of hydrogen-bond acceptors (Lipinski definition) is 6. The van der Waals surface area contributed by atoms with Crippen molar-refractivity contribution in [1.82, 2.24) is 10.9 Å². The van der Waals surface area contributed by atoms with Crippen LogP contribution in [0, 0.1) is 0 Å². The number of methoxy groups -OCH3 is 1. The van der Waals surface area contributed by atoms with Crippen LogP contribution in [0.25, 0.3) is 0 Å². The smallest absolute Gasteiger partial charge is 0.329 e. The largest absolute Gasteiger partial charge is 0.496 e. The molecule has 0 bridgehead atoms. The average molecular weight is 397 g/mol. The standard InChI is InChI=1S/C22H27N3O4/c1-15(2)29-22(27)20(23-24-21(26)16-8-5-4-6-9-16)18-11-10-17(14-19(18)28-3)25-12-7-13-25/h4-6,8-11,14-15,20,23H,7,12-13H2,1-3H3,(H,24,26)/t20-/m0/s1.